The molecule has 12 heteroatoms. The van der Waals surface area contributed by atoms with E-state index in [4.69, 9.17) is 10.7 Å². The third kappa shape index (κ3) is 4.31. The summed E-state index contributed by atoms with van der Waals surface area (Å²) in [6.07, 6.45) is -0.761. The van der Waals surface area contributed by atoms with Crippen molar-refractivity contribution < 1.29 is 21.6 Å². The van der Waals surface area contributed by atoms with Gasteiger partial charge >= 0.3 is 6.18 Å². The summed E-state index contributed by atoms with van der Waals surface area (Å²) in [5.74, 6) is 0.152. The molecule has 0 radical (unpaired) electrons. The van der Waals surface area contributed by atoms with Gasteiger partial charge in [0.05, 0.1) is 23.9 Å². The number of nitrogens with one attached hydrogen (secondary N) is 1. The first-order valence-corrected chi connectivity index (χ1v) is 12.7. The second kappa shape index (κ2) is 8.42. The smallest absolute Gasteiger partial charge is 0.382 e. The van der Waals surface area contributed by atoms with E-state index in [2.05, 4.69) is 16.4 Å². The van der Waals surface area contributed by atoms with Crippen LogP contribution in [-0.4, -0.2) is 52.1 Å². The van der Waals surface area contributed by atoms with Gasteiger partial charge < -0.3 is 11.1 Å². The van der Waals surface area contributed by atoms with Crippen molar-refractivity contribution in [3.05, 3.63) is 53.7 Å². The first kappa shape index (κ1) is 22.9. The highest BCUT2D eigenvalue weighted by molar-refractivity contribution is 7.89. The first-order chi connectivity index (χ1) is 16.1. The van der Waals surface area contributed by atoms with E-state index in [1.807, 2.05) is 22.6 Å². The molecule has 4 heterocycles. The number of nitrogen functional groups attached to an aromatic ring is 1. The first-order valence-electron chi connectivity index (χ1n) is 11.1. The number of hydrogen-bond acceptors (Lipinski definition) is 6. The van der Waals surface area contributed by atoms with Gasteiger partial charge in [0, 0.05) is 43.5 Å². The number of piperidine rings is 1. The van der Waals surface area contributed by atoms with E-state index in [0.717, 1.165) is 33.4 Å². The third-order valence-corrected chi connectivity index (χ3v) is 8.47. The molecule has 182 valence electrons. The number of nitrogens with zero attached hydrogens (tertiary/aromatic N) is 4. The molecule has 5 rings (SSSR count). The van der Waals surface area contributed by atoms with Crippen molar-refractivity contribution in [2.45, 2.75) is 43.8 Å². The zero-order chi connectivity index (χ0) is 24.1. The number of hydrogen-bond donors (Lipinski definition) is 2. The quantitative estimate of drug-likeness (QED) is 0.563. The van der Waals surface area contributed by atoms with Gasteiger partial charge in [-0.15, -0.1) is 0 Å². The van der Waals surface area contributed by atoms with Gasteiger partial charge in [-0.05, 0) is 24.5 Å². The Morgan fingerprint density at radius 2 is 1.91 bits per heavy atom. The highest BCUT2D eigenvalue weighted by atomic mass is 32.2. The van der Waals surface area contributed by atoms with Crippen molar-refractivity contribution in [2.75, 3.05) is 29.9 Å². The fraction of sp³-hybridized carbons (Fsp3) is 0.455. The fourth-order valence-electron chi connectivity index (χ4n) is 4.87. The Labute approximate surface area is 195 Å². The van der Waals surface area contributed by atoms with E-state index in [9.17, 15) is 21.6 Å². The van der Waals surface area contributed by atoms with E-state index in [1.54, 1.807) is 12.4 Å². The molecule has 0 bridgehead atoms. The molecule has 2 aliphatic rings. The second-order valence-electron chi connectivity index (χ2n) is 8.80. The Bertz CT molecular complexity index is 1290. The number of aromatic nitrogens is 3. The number of fused-ring (bicyclic) bond motifs is 2. The lowest BCUT2D eigenvalue weighted by Gasteiger charge is -2.30. The molecule has 34 heavy (non-hydrogen) atoms. The highest BCUT2D eigenvalue weighted by Gasteiger charge is 2.36. The van der Waals surface area contributed by atoms with Gasteiger partial charge in [0.25, 0.3) is 0 Å². The lowest BCUT2D eigenvalue weighted by molar-refractivity contribution is -0.130. The van der Waals surface area contributed by atoms with Crippen molar-refractivity contribution in [2.24, 2.45) is 0 Å². The normalized spacial score (nSPS) is 19.9. The largest absolute Gasteiger partial charge is 0.390 e. The number of para-hydroxylation sites is 1. The van der Waals surface area contributed by atoms with Crippen molar-refractivity contribution in [3.63, 3.8) is 0 Å². The lowest BCUT2D eigenvalue weighted by Crippen LogP contribution is -2.40. The molecular formula is C22H25F3N6O2S. The minimum Gasteiger partial charge on any atom is -0.382 e. The zero-order valence-corrected chi connectivity index (χ0v) is 19.1. The number of rotatable bonds is 5. The minimum absolute atomic E-state index is 0.0547. The molecule has 1 fully saturated rings. The van der Waals surface area contributed by atoms with Gasteiger partial charge in [-0.3, -0.25) is 4.40 Å². The maximum atomic E-state index is 12.5. The molecule has 1 unspecified atom stereocenters. The molecule has 1 atom stereocenters. The van der Waals surface area contributed by atoms with Crippen LogP contribution in [-0.2, 0) is 16.4 Å². The van der Waals surface area contributed by atoms with Crippen molar-refractivity contribution in [1.29, 1.82) is 0 Å². The van der Waals surface area contributed by atoms with Gasteiger partial charge in [-0.1, -0.05) is 18.2 Å². The van der Waals surface area contributed by atoms with Crippen LogP contribution in [0.25, 0.3) is 5.52 Å². The van der Waals surface area contributed by atoms with Crippen LogP contribution in [0.15, 0.2) is 36.7 Å². The summed E-state index contributed by atoms with van der Waals surface area (Å²) >= 11 is 0. The van der Waals surface area contributed by atoms with Gasteiger partial charge in [0.15, 0.2) is 0 Å². The summed E-state index contributed by atoms with van der Waals surface area (Å²) in [5, 5.41) is 3.50. The standard InChI is InChI=1S/C22H25F3N6O2S/c23-22(24,25)7-12-34(32,33)30-9-5-14(6-10-30)21-29-18(19-20(26)27-8-11-31(19)21)17-13-15-3-1-2-4-16(15)28-17/h1-4,8,11,14,17,28H,5-7,9-10,12-13H2,(H2,26,27). The molecule has 2 aromatic heterocycles. The highest BCUT2D eigenvalue weighted by Crippen LogP contribution is 2.38. The maximum absolute atomic E-state index is 12.5. The summed E-state index contributed by atoms with van der Waals surface area (Å²) < 4.78 is 65.4. The molecular weight excluding hydrogens is 469 g/mol. The van der Waals surface area contributed by atoms with Crippen LogP contribution in [0.4, 0.5) is 24.7 Å². The second-order valence-corrected chi connectivity index (χ2v) is 10.9. The van der Waals surface area contributed by atoms with Crippen LogP contribution in [0, 0.1) is 0 Å². The van der Waals surface area contributed by atoms with E-state index in [0.29, 0.717) is 18.7 Å². The average molecular weight is 495 g/mol. The summed E-state index contributed by atoms with van der Waals surface area (Å²) in [4.78, 5) is 9.20. The predicted octanol–water partition coefficient (Wildman–Crippen LogP) is 3.48. The summed E-state index contributed by atoms with van der Waals surface area (Å²) in [5.41, 5.74) is 10.00. The Morgan fingerprint density at radius 3 is 2.62 bits per heavy atom. The molecule has 1 saturated heterocycles. The molecule has 2 aliphatic heterocycles. The van der Waals surface area contributed by atoms with Gasteiger partial charge in [0.1, 0.15) is 17.2 Å². The molecule has 0 aliphatic carbocycles. The third-order valence-electron chi connectivity index (χ3n) is 6.59. The minimum atomic E-state index is -4.50. The number of nitrogens with two attached hydrogens (primary N) is 1. The molecule has 3 N–H and O–H groups in total. The molecule has 1 aromatic carbocycles. The van der Waals surface area contributed by atoms with Crippen LogP contribution in [0.5, 0.6) is 0 Å². The van der Waals surface area contributed by atoms with E-state index >= 15 is 0 Å². The Morgan fingerprint density at radius 1 is 1.18 bits per heavy atom. The number of halogens is 3. The summed E-state index contributed by atoms with van der Waals surface area (Å²) in [6.45, 7) is 0.311. The Hall–Kier alpha value is -2.86. The van der Waals surface area contributed by atoms with Gasteiger partial charge in [-0.2, -0.15) is 13.2 Å². The number of anilines is 2. The van der Waals surface area contributed by atoms with Crippen LogP contribution in [0.1, 0.15) is 48.3 Å². The summed E-state index contributed by atoms with van der Waals surface area (Å²) in [6, 6.07) is 7.97. The molecule has 8 nitrogen and oxygen atoms in total. The van der Waals surface area contributed by atoms with Crippen molar-refractivity contribution >= 4 is 27.0 Å². The van der Waals surface area contributed by atoms with E-state index in [-0.39, 0.29) is 25.0 Å². The van der Waals surface area contributed by atoms with Crippen molar-refractivity contribution in [1.82, 2.24) is 18.7 Å². The van der Waals surface area contributed by atoms with Crippen LogP contribution >= 0.6 is 0 Å². The van der Waals surface area contributed by atoms with Crippen LogP contribution in [0.2, 0.25) is 0 Å². The van der Waals surface area contributed by atoms with Crippen molar-refractivity contribution in [3.8, 4) is 0 Å². The van der Waals surface area contributed by atoms with E-state index in [1.165, 1.54) is 5.56 Å². The average Bonchev–Trinajstić information content (AvgIpc) is 3.40. The fourth-order valence-corrected chi connectivity index (χ4v) is 6.39. The van der Waals surface area contributed by atoms with Gasteiger partial charge in [-0.25, -0.2) is 22.7 Å². The topological polar surface area (TPSA) is 106 Å². The number of imidazole rings is 1. The summed E-state index contributed by atoms with van der Waals surface area (Å²) in [7, 11) is -3.96. The molecule has 3 aromatic rings. The lowest BCUT2D eigenvalue weighted by atomic mass is 9.97. The predicted molar refractivity (Wildman–Crippen MR) is 122 cm³/mol. The molecule has 0 saturated carbocycles. The van der Waals surface area contributed by atoms with E-state index < -0.39 is 28.4 Å². The number of benzene rings is 1. The SMILES string of the molecule is Nc1nccn2c(C3CCN(S(=O)(=O)CCC(F)(F)F)CC3)nc(C3Cc4ccccc4N3)c12. The van der Waals surface area contributed by atoms with Crippen LogP contribution in [0.3, 0.4) is 0 Å². The maximum Gasteiger partial charge on any atom is 0.390 e. The molecule has 0 spiro atoms. The number of alkyl halides is 3. The van der Waals surface area contributed by atoms with Gasteiger partial charge in [0.2, 0.25) is 10.0 Å². The van der Waals surface area contributed by atoms with Crippen LogP contribution < -0.4 is 11.1 Å². The monoisotopic (exact) mass is 494 g/mol. The number of sulfonamides is 1. The Balaban J connectivity index is 1.38. The Kier molecular flexibility index (Phi) is 5.67. The molecule has 0 amide bonds. The zero-order valence-electron chi connectivity index (χ0n) is 18.3.